The van der Waals surface area contributed by atoms with Crippen LogP contribution in [0.2, 0.25) is 5.02 Å². The van der Waals surface area contributed by atoms with Crippen molar-refractivity contribution in [2.45, 2.75) is 25.7 Å². The van der Waals surface area contributed by atoms with Gasteiger partial charge in [0.2, 0.25) is 0 Å². The third kappa shape index (κ3) is 3.83. The summed E-state index contributed by atoms with van der Waals surface area (Å²) in [6, 6.07) is 7.56. The smallest absolute Gasteiger partial charge is 0.137 e. The average Bonchev–Trinajstić information content (AvgIpc) is 2.33. The zero-order valence-corrected chi connectivity index (χ0v) is 10.6. The fraction of sp³-hybridized carbons (Fsp3) is 0.500. The van der Waals surface area contributed by atoms with Crippen LogP contribution in [0.4, 0.5) is 0 Å². The predicted molar refractivity (Wildman–Crippen MR) is 68.3 cm³/mol. The van der Waals surface area contributed by atoms with Crippen molar-refractivity contribution >= 4 is 17.4 Å². The lowest BCUT2D eigenvalue weighted by molar-refractivity contribution is -0.120. The zero-order valence-electron chi connectivity index (χ0n) is 9.82. The number of Topliss-reactive ketones (excluding diaryl/α,β-unsaturated/α-hetero) is 1. The number of ether oxygens (including phenoxy) is 1. The molecule has 1 aliphatic rings. The van der Waals surface area contributed by atoms with Gasteiger partial charge in [0.15, 0.2) is 0 Å². The monoisotopic (exact) mass is 252 g/mol. The van der Waals surface area contributed by atoms with Crippen LogP contribution in [0.25, 0.3) is 0 Å². The molecule has 0 spiro atoms. The number of ketones is 1. The van der Waals surface area contributed by atoms with E-state index in [-0.39, 0.29) is 5.78 Å². The molecule has 92 valence electrons. The quantitative estimate of drug-likeness (QED) is 0.822. The molecule has 0 aromatic heterocycles. The van der Waals surface area contributed by atoms with Crippen molar-refractivity contribution in [2.24, 2.45) is 5.92 Å². The summed E-state index contributed by atoms with van der Waals surface area (Å²) in [5, 5.41) is 0.688. The van der Waals surface area contributed by atoms with Crippen molar-refractivity contribution in [3.05, 3.63) is 34.9 Å². The van der Waals surface area contributed by atoms with Crippen molar-refractivity contribution in [3.63, 3.8) is 0 Å². The molecule has 0 radical (unpaired) electrons. The Balaban J connectivity index is 1.86. The highest BCUT2D eigenvalue weighted by molar-refractivity contribution is 6.31. The zero-order chi connectivity index (χ0) is 12.1. The van der Waals surface area contributed by atoms with Crippen LogP contribution in [0.1, 0.15) is 24.8 Å². The minimum absolute atomic E-state index is 0.282. The molecule has 0 bridgehead atoms. The van der Waals surface area contributed by atoms with Gasteiger partial charge in [-0.05, 0) is 30.4 Å². The van der Waals surface area contributed by atoms with Gasteiger partial charge in [0.05, 0.1) is 0 Å². The first-order valence-electron chi connectivity index (χ1n) is 6.08. The molecule has 0 atom stereocenters. The van der Waals surface area contributed by atoms with Crippen molar-refractivity contribution in [2.75, 3.05) is 13.2 Å². The van der Waals surface area contributed by atoms with Gasteiger partial charge in [-0.2, -0.15) is 0 Å². The van der Waals surface area contributed by atoms with Crippen LogP contribution in [0.15, 0.2) is 24.3 Å². The highest BCUT2D eigenvalue weighted by Crippen LogP contribution is 2.21. The fourth-order valence-electron chi connectivity index (χ4n) is 2.20. The van der Waals surface area contributed by atoms with E-state index in [4.69, 9.17) is 16.3 Å². The van der Waals surface area contributed by atoms with E-state index in [9.17, 15) is 4.79 Å². The van der Waals surface area contributed by atoms with E-state index in [1.165, 1.54) is 0 Å². The van der Waals surface area contributed by atoms with E-state index in [1.54, 1.807) is 0 Å². The Labute approximate surface area is 107 Å². The summed E-state index contributed by atoms with van der Waals surface area (Å²) >= 11 is 6.04. The first-order chi connectivity index (χ1) is 8.25. The molecule has 1 aromatic rings. The minimum atomic E-state index is 0.282. The van der Waals surface area contributed by atoms with Gasteiger partial charge in [-0.15, -0.1) is 0 Å². The van der Waals surface area contributed by atoms with E-state index < -0.39 is 0 Å². The molecule has 0 aliphatic carbocycles. The Hall–Kier alpha value is -0.860. The molecule has 0 amide bonds. The third-order valence-electron chi connectivity index (χ3n) is 3.20. The van der Waals surface area contributed by atoms with E-state index >= 15 is 0 Å². The van der Waals surface area contributed by atoms with Gasteiger partial charge in [0.1, 0.15) is 5.78 Å². The molecule has 1 aromatic carbocycles. The second-order valence-electron chi connectivity index (χ2n) is 4.57. The summed E-state index contributed by atoms with van der Waals surface area (Å²) < 4.78 is 5.29. The van der Waals surface area contributed by atoms with Crippen molar-refractivity contribution in [3.8, 4) is 0 Å². The molecule has 0 saturated carbocycles. The van der Waals surface area contributed by atoms with Crippen molar-refractivity contribution < 1.29 is 9.53 Å². The van der Waals surface area contributed by atoms with E-state index in [2.05, 4.69) is 0 Å². The van der Waals surface area contributed by atoms with E-state index in [0.29, 0.717) is 23.8 Å². The first kappa shape index (κ1) is 12.6. The van der Waals surface area contributed by atoms with Crippen LogP contribution in [0, 0.1) is 5.92 Å². The summed E-state index contributed by atoms with van der Waals surface area (Å²) in [6.07, 6.45) is 3.13. The molecule has 3 heteroatoms. The van der Waals surface area contributed by atoms with Crippen LogP contribution >= 0.6 is 11.6 Å². The van der Waals surface area contributed by atoms with Crippen LogP contribution in [0.3, 0.4) is 0 Å². The molecular formula is C14H17ClO2. The van der Waals surface area contributed by atoms with Crippen molar-refractivity contribution in [1.82, 2.24) is 0 Å². The van der Waals surface area contributed by atoms with Crippen LogP contribution in [0.5, 0.6) is 0 Å². The topological polar surface area (TPSA) is 26.3 Å². The number of carbonyl (C=O) groups excluding carboxylic acids is 1. The van der Waals surface area contributed by atoms with Gasteiger partial charge in [0.25, 0.3) is 0 Å². The number of rotatable bonds is 4. The first-order valence-corrected chi connectivity index (χ1v) is 6.46. The van der Waals surface area contributed by atoms with Gasteiger partial charge in [-0.3, -0.25) is 4.79 Å². The number of benzene rings is 1. The largest absolute Gasteiger partial charge is 0.381 e. The van der Waals surface area contributed by atoms with E-state index in [1.807, 2.05) is 24.3 Å². The second-order valence-corrected chi connectivity index (χ2v) is 4.97. The molecule has 1 heterocycles. The molecule has 2 rings (SSSR count). The Bertz CT molecular complexity index is 384. The van der Waals surface area contributed by atoms with Crippen molar-refractivity contribution in [1.29, 1.82) is 0 Å². The lowest BCUT2D eigenvalue weighted by atomic mass is 9.92. The maximum Gasteiger partial charge on any atom is 0.137 e. The van der Waals surface area contributed by atoms with Crippen LogP contribution in [-0.2, 0) is 16.0 Å². The van der Waals surface area contributed by atoms with Crippen LogP contribution in [-0.4, -0.2) is 19.0 Å². The molecular weight excluding hydrogens is 236 g/mol. The number of carbonyl (C=O) groups is 1. The number of hydrogen-bond acceptors (Lipinski definition) is 2. The Morgan fingerprint density at radius 2 is 2.00 bits per heavy atom. The molecule has 1 aliphatic heterocycles. The van der Waals surface area contributed by atoms with E-state index in [0.717, 1.165) is 31.6 Å². The van der Waals surface area contributed by atoms with Gasteiger partial charge in [-0.25, -0.2) is 0 Å². The molecule has 1 saturated heterocycles. The highest BCUT2D eigenvalue weighted by Gasteiger charge is 2.17. The normalized spacial score (nSPS) is 17.0. The molecule has 2 nitrogen and oxygen atoms in total. The third-order valence-corrected chi connectivity index (χ3v) is 3.57. The summed E-state index contributed by atoms with van der Waals surface area (Å²) in [5.74, 6) is 0.781. The van der Waals surface area contributed by atoms with Gasteiger partial charge in [0, 0.05) is 31.1 Å². The fourth-order valence-corrected chi connectivity index (χ4v) is 2.40. The van der Waals surface area contributed by atoms with Crippen LogP contribution < -0.4 is 0 Å². The number of hydrogen-bond donors (Lipinski definition) is 0. The number of halogens is 1. The lowest BCUT2D eigenvalue weighted by Gasteiger charge is -2.21. The molecule has 17 heavy (non-hydrogen) atoms. The summed E-state index contributed by atoms with van der Waals surface area (Å²) in [4.78, 5) is 11.9. The molecule has 0 N–H and O–H groups in total. The Morgan fingerprint density at radius 3 is 2.71 bits per heavy atom. The SMILES string of the molecule is O=C(Cc1ccccc1Cl)CC1CCOCC1. The minimum Gasteiger partial charge on any atom is -0.381 e. The molecule has 1 fully saturated rings. The van der Waals surface area contributed by atoms with Gasteiger partial charge < -0.3 is 4.74 Å². The lowest BCUT2D eigenvalue weighted by Crippen LogP contribution is -2.19. The standard InChI is InChI=1S/C14H17ClO2/c15-14-4-2-1-3-12(14)10-13(16)9-11-5-7-17-8-6-11/h1-4,11H,5-10H2. The summed E-state index contributed by atoms with van der Waals surface area (Å²) in [5.41, 5.74) is 0.936. The maximum absolute atomic E-state index is 11.9. The van der Waals surface area contributed by atoms with Gasteiger partial charge in [-0.1, -0.05) is 29.8 Å². The Kier molecular flexibility index (Phi) is 4.57. The predicted octanol–water partition coefficient (Wildman–Crippen LogP) is 3.27. The average molecular weight is 253 g/mol. The maximum atomic E-state index is 11.9. The highest BCUT2D eigenvalue weighted by atomic mass is 35.5. The Morgan fingerprint density at radius 1 is 1.29 bits per heavy atom. The summed E-state index contributed by atoms with van der Waals surface area (Å²) in [6.45, 7) is 1.59. The van der Waals surface area contributed by atoms with Gasteiger partial charge >= 0.3 is 0 Å². The summed E-state index contributed by atoms with van der Waals surface area (Å²) in [7, 11) is 0. The second kappa shape index (κ2) is 6.18. The molecule has 0 unspecified atom stereocenters.